The Hall–Kier alpha value is -2.06. The Morgan fingerprint density at radius 3 is 2.67 bits per heavy atom. The highest BCUT2D eigenvalue weighted by atomic mass is 16.3. The zero-order valence-electron chi connectivity index (χ0n) is 12.2. The fraction of sp³-hybridized carbons (Fsp3) is 0.263. The summed E-state index contributed by atoms with van der Waals surface area (Å²) in [6.45, 7) is 3.17. The molecule has 2 heteroatoms. The molecule has 1 aliphatic rings. The van der Waals surface area contributed by atoms with Crippen LogP contribution in [-0.2, 0) is 6.42 Å². The molecule has 21 heavy (non-hydrogen) atoms. The van der Waals surface area contributed by atoms with Crippen molar-refractivity contribution in [2.75, 3.05) is 19.6 Å². The first-order chi connectivity index (χ1) is 10.3. The summed E-state index contributed by atoms with van der Waals surface area (Å²) >= 11 is 0. The summed E-state index contributed by atoms with van der Waals surface area (Å²) in [4.78, 5) is 2.49. The van der Waals surface area contributed by atoms with Gasteiger partial charge in [-0.05, 0) is 41.7 Å². The number of aromatic hydroxyl groups is 1. The van der Waals surface area contributed by atoms with E-state index in [9.17, 15) is 5.11 Å². The van der Waals surface area contributed by atoms with E-state index in [0.717, 1.165) is 38.0 Å². The quantitative estimate of drug-likeness (QED) is 0.922. The van der Waals surface area contributed by atoms with Crippen molar-refractivity contribution in [3.8, 4) is 5.75 Å². The zero-order chi connectivity index (χ0) is 14.5. The summed E-state index contributed by atoms with van der Waals surface area (Å²) in [5, 5.41) is 9.62. The number of nitrogens with zero attached hydrogens (tertiary/aromatic N) is 1. The first-order valence-corrected chi connectivity index (χ1v) is 7.56. The maximum absolute atomic E-state index is 9.62. The second-order valence-electron chi connectivity index (χ2n) is 5.58. The summed E-state index contributed by atoms with van der Waals surface area (Å²) in [6, 6.07) is 18.2. The van der Waals surface area contributed by atoms with E-state index in [-0.39, 0.29) is 0 Å². The Labute approximate surface area is 126 Å². The van der Waals surface area contributed by atoms with Crippen molar-refractivity contribution in [3.05, 3.63) is 71.8 Å². The fourth-order valence-electron chi connectivity index (χ4n) is 2.84. The van der Waals surface area contributed by atoms with Crippen LogP contribution in [0.4, 0.5) is 0 Å². The molecular weight excluding hydrogens is 258 g/mol. The van der Waals surface area contributed by atoms with E-state index in [4.69, 9.17) is 0 Å². The standard InChI is InChI=1S/C19H21NO/c21-19-10-4-8-17(14-19)18-9-5-12-20(15-18)13-11-16-6-2-1-3-7-16/h1-4,6-10,14,21H,5,11-13,15H2. The van der Waals surface area contributed by atoms with Crippen LogP contribution in [0.5, 0.6) is 5.75 Å². The third kappa shape index (κ3) is 3.73. The largest absolute Gasteiger partial charge is 0.508 e. The third-order valence-electron chi connectivity index (χ3n) is 4.01. The Kier molecular flexibility index (Phi) is 4.37. The number of hydrogen-bond acceptors (Lipinski definition) is 2. The van der Waals surface area contributed by atoms with Gasteiger partial charge in [-0.2, -0.15) is 0 Å². The molecular formula is C19H21NO. The van der Waals surface area contributed by atoms with Crippen molar-refractivity contribution in [2.24, 2.45) is 0 Å². The highest BCUT2D eigenvalue weighted by molar-refractivity contribution is 5.68. The van der Waals surface area contributed by atoms with Gasteiger partial charge < -0.3 is 5.11 Å². The molecule has 0 unspecified atom stereocenters. The highest BCUT2D eigenvalue weighted by Crippen LogP contribution is 2.23. The van der Waals surface area contributed by atoms with Gasteiger partial charge in [-0.15, -0.1) is 0 Å². The maximum Gasteiger partial charge on any atom is 0.116 e. The predicted molar refractivity (Wildman–Crippen MR) is 87.3 cm³/mol. The van der Waals surface area contributed by atoms with E-state index in [1.165, 1.54) is 11.1 Å². The SMILES string of the molecule is Oc1cccc(C2=CCCN(CCc3ccccc3)C2)c1. The second kappa shape index (κ2) is 6.59. The minimum Gasteiger partial charge on any atom is -0.508 e. The molecule has 0 atom stereocenters. The van der Waals surface area contributed by atoms with Crippen LogP contribution >= 0.6 is 0 Å². The molecule has 0 fully saturated rings. The fourth-order valence-corrected chi connectivity index (χ4v) is 2.84. The molecule has 0 spiro atoms. The molecule has 0 bridgehead atoms. The van der Waals surface area contributed by atoms with Crippen LogP contribution in [-0.4, -0.2) is 29.6 Å². The van der Waals surface area contributed by atoms with E-state index in [1.54, 1.807) is 6.07 Å². The van der Waals surface area contributed by atoms with Crippen molar-refractivity contribution < 1.29 is 5.11 Å². The van der Waals surface area contributed by atoms with Crippen LogP contribution in [0.1, 0.15) is 17.5 Å². The lowest BCUT2D eigenvalue weighted by atomic mass is 10.0. The van der Waals surface area contributed by atoms with Gasteiger partial charge in [-0.3, -0.25) is 4.90 Å². The number of benzene rings is 2. The smallest absolute Gasteiger partial charge is 0.116 e. The van der Waals surface area contributed by atoms with Crippen LogP contribution in [0.15, 0.2) is 60.7 Å². The molecule has 1 N–H and O–H groups in total. The van der Waals surface area contributed by atoms with E-state index >= 15 is 0 Å². The van der Waals surface area contributed by atoms with Crippen molar-refractivity contribution in [1.82, 2.24) is 4.90 Å². The second-order valence-corrected chi connectivity index (χ2v) is 5.58. The molecule has 1 heterocycles. The number of phenols is 1. The summed E-state index contributed by atoms with van der Waals surface area (Å²) < 4.78 is 0. The van der Waals surface area contributed by atoms with E-state index in [0.29, 0.717) is 5.75 Å². The summed E-state index contributed by atoms with van der Waals surface area (Å²) in [6.07, 6.45) is 4.47. The average molecular weight is 279 g/mol. The molecule has 0 aromatic heterocycles. The maximum atomic E-state index is 9.62. The number of hydrogen-bond donors (Lipinski definition) is 1. The molecule has 2 aromatic carbocycles. The van der Waals surface area contributed by atoms with Gasteiger partial charge in [-0.25, -0.2) is 0 Å². The van der Waals surface area contributed by atoms with Gasteiger partial charge in [0.15, 0.2) is 0 Å². The first kappa shape index (κ1) is 13.9. The van der Waals surface area contributed by atoms with E-state index < -0.39 is 0 Å². The molecule has 0 radical (unpaired) electrons. The van der Waals surface area contributed by atoms with Crippen molar-refractivity contribution in [2.45, 2.75) is 12.8 Å². The van der Waals surface area contributed by atoms with E-state index in [1.807, 2.05) is 12.1 Å². The lowest BCUT2D eigenvalue weighted by Crippen LogP contribution is -2.31. The normalized spacial score (nSPS) is 15.7. The van der Waals surface area contributed by atoms with Crippen LogP contribution in [0.25, 0.3) is 5.57 Å². The molecule has 0 saturated heterocycles. The van der Waals surface area contributed by atoms with Crippen LogP contribution in [0.2, 0.25) is 0 Å². The van der Waals surface area contributed by atoms with Crippen LogP contribution in [0, 0.1) is 0 Å². The van der Waals surface area contributed by atoms with Crippen LogP contribution in [0.3, 0.4) is 0 Å². The molecule has 108 valence electrons. The predicted octanol–water partition coefficient (Wildman–Crippen LogP) is 3.72. The van der Waals surface area contributed by atoms with Gasteiger partial charge in [0.25, 0.3) is 0 Å². The zero-order valence-corrected chi connectivity index (χ0v) is 12.2. The van der Waals surface area contributed by atoms with Crippen molar-refractivity contribution in [3.63, 3.8) is 0 Å². The Balaban J connectivity index is 1.62. The van der Waals surface area contributed by atoms with Gasteiger partial charge in [0, 0.05) is 19.6 Å². The first-order valence-electron chi connectivity index (χ1n) is 7.56. The third-order valence-corrected chi connectivity index (χ3v) is 4.01. The molecule has 2 nitrogen and oxygen atoms in total. The lowest BCUT2D eigenvalue weighted by molar-refractivity contribution is 0.308. The van der Waals surface area contributed by atoms with Crippen molar-refractivity contribution >= 4 is 5.57 Å². The molecule has 3 rings (SSSR count). The summed E-state index contributed by atoms with van der Waals surface area (Å²) in [5.74, 6) is 0.342. The summed E-state index contributed by atoms with van der Waals surface area (Å²) in [5.41, 5.74) is 3.86. The Morgan fingerprint density at radius 2 is 1.86 bits per heavy atom. The monoisotopic (exact) mass is 279 g/mol. The highest BCUT2D eigenvalue weighted by Gasteiger charge is 2.14. The molecule has 0 aliphatic carbocycles. The minimum absolute atomic E-state index is 0.342. The number of rotatable bonds is 4. The van der Waals surface area contributed by atoms with Gasteiger partial charge in [0.1, 0.15) is 5.75 Å². The topological polar surface area (TPSA) is 23.5 Å². The average Bonchev–Trinajstić information content (AvgIpc) is 2.54. The minimum atomic E-state index is 0.342. The lowest BCUT2D eigenvalue weighted by Gasteiger charge is -2.27. The van der Waals surface area contributed by atoms with Gasteiger partial charge in [0.05, 0.1) is 0 Å². The number of phenolic OH excluding ortho intramolecular Hbond substituents is 1. The van der Waals surface area contributed by atoms with Gasteiger partial charge in [-0.1, -0.05) is 48.5 Å². The Bertz CT molecular complexity index is 618. The molecule has 1 aliphatic heterocycles. The van der Waals surface area contributed by atoms with E-state index in [2.05, 4.69) is 47.4 Å². The Morgan fingerprint density at radius 1 is 1.00 bits per heavy atom. The summed E-state index contributed by atoms with van der Waals surface area (Å²) in [7, 11) is 0. The van der Waals surface area contributed by atoms with Crippen LogP contribution < -0.4 is 0 Å². The molecule has 0 saturated carbocycles. The molecule has 2 aromatic rings. The van der Waals surface area contributed by atoms with Gasteiger partial charge >= 0.3 is 0 Å². The van der Waals surface area contributed by atoms with Crippen molar-refractivity contribution in [1.29, 1.82) is 0 Å². The van der Waals surface area contributed by atoms with Gasteiger partial charge in [0.2, 0.25) is 0 Å². The molecule has 0 amide bonds.